The van der Waals surface area contributed by atoms with E-state index < -0.39 is 11.9 Å². The monoisotopic (exact) mass is 283 g/mol. The highest BCUT2D eigenvalue weighted by Gasteiger charge is 2.31. The summed E-state index contributed by atoms with van der Waals surface area (Å²) >= 11 is 0. The van der Waals surface area contributed by atoms with Crippen molar-refractivity contribution < 1.29 is 14.7 Å². The third-order valence-corrected chi connectivity index (χ3v) is 4.23. The van der Waals surface area contributed by atoms with Crippen molar-refractivity contribution in [2.75, 3.05) is 32.7 Å². The van der Waals surface area contributed by atoms with Gasteiger partial charge in [0.15, 0.2) is 0 Å². The quantitative estimate of drug-likeness (QED) is 0.679. The molecule has 114 valence electrons. The molecule has 0 aromatic rings. The van der Waals surface area contributed by atoms with Crippen LogP contribution in [0, 0.1) is 5.92 Å². The van der Waals surface area contributed by atoms with E-state index >= 15 is 0 Å². The zero-order valence-corrected chi connectivity index (χ0v) is 11.9. The van der Waals surface area contributed by atoms with E-state index in [1.807, 2.05) is 0 Å². The fourth-order valence-electron chi connectivity index (χ4n) is 3.11. The van der Waals surface area contributed by atoms with Gasteiger partial charge in [0.1, 0.15) is 0 Å². The van der Waals surface area contributed by atoms with Crippen molar-refractivity contribution in [2.45, 2.75) is 38.1 Å². The van der Waals surface area contributed by atoms with Crippen molar-refractivity contribution in [2.24, 2.45) is 5.92 Å². The number of aliphatic carboxylic acids is 1. The van der Waals surface area contributed by atoms with Crippen LogP contribution in [0.4, 0.5) is 0 Å². The van der Waals surface area contributed by atoms with E-state index in [4.69, 9.17) is 0 Å². The van der Waals surface area contributed by atoms with E-state index in [1.54, 1.807) is 0 Å². The van der Waals surface area contributed by atoms with Gasteiger partial charge in [-0.05, 0) is 32.4 Å². The number of nitrogens with zero attached hydrogens (tertiary/aromatic N) is 1. The first-order valence-corrected chi connectivity index (χ1v) is 7.62. The molecular formula is C14H25N3O3. The Labute approximate surface area is 119 Å². The fourth-order valence-corrected chi connectivity index (χ4v) is 3.11. The van der Waals surface area contributed by atoms with Crippen LogP contribution in [0.2, 0.25) is 0 Å². The van der Waals surface area contributed by atoms with Gasteiger partial charge in [0.25, 0.3) is 0 Å². The van der Waals surface area contributed by atoms with E-state index in [1.165, 1.54) is 0 Å². The number of hydrogen-bond donors (Lipinski definition) is 3. The van der Waals surface area contributed by atoms with Crippen LogP contribution in [0.5, 0.6) is 0 Å². The number of nitrogens with one attached hydrogen (secondary N) is 2. The molecule has 1 aliphatic heterocycles. The number of carboxylic acid groups (broad SMARTS) is 1. The highest BCUT2D eigenvalue weighted by molar-refractivity contribution is 5.79. The molecule has 0 spiro atoms. The average Bonchev–Trinajstić information content (AvgIpc) is 2.67. The van der Waals surface area contributed by atoms with Crippen LogP contribution in [0.1, 0.15) is 32.1 Å². The fraction of sp³-hybridized carbons (Fsp3) is 0.857. The van der Waals surface area contributed by atoms with Gasteiger partial charge in [-0.15, -0.1) is 0 Å². The number of hydrogen-bond acceptors (Lipinski definition) is 4. The predicted octanol–water partition coefficient (Wildman–Crippen LogP) is 0.0413. The van der Waals surface area contributed by atoms with Crippen LogP contribution in [-0.4, -0.2) is 60.6 Å². The van der Waals surface area contributed by atoms with Gasteiger partial charge >= 0.3 is 5.97 Å². The Hall–Kier alpha value is -1.14. The molecule has 1 saturated heterocycles. The maximum absolute atomic E-state index is 12.1. The van der Waals surface area contributed by atoms with Crippen molar-refractivity contribution in [3.05, 3.63) is 0 Å². The first kappa shape index (κ1) is 15.3. The molecule has 2 atom stereocenters. The van der Waals surface area contributed by atoms with E-state index in [-0.39, 0.29) is 11.9 Å². The molecule has 2 rings (SSSR count). The van der Waals surface area contributed by atoms with E-state index in [0.717, 1.165) is 51.9 Å². The lowest BCUT2D eigenvalue weighted by molar-refractivity contribution is -0.144. The Morgan fingerprint density at radius 3 is 2.75 bits per heavy atom. The van der Waals surface area contributed by atoms with Gasteiger partial charge in [-0.1, -0.05) is 12.8 Å². The van der Waals surface area contributed by atoms with Gasteiger partial charge < -0.3 is 15.7 Å². The lowest BCUT2D eigenvalue weighted by Crippen LogP contribution is -2.48. The van der Waals surface area contributed by atoms with Crippen molar-refractivity contribution in [3.63, 3.8) is 0 Å². The highest BCUT2D eigenvalue weighted by atomic mass is 16.4. The second kappa shape index (κ2) is 7.59. The molecule has 1 heterocycles. The second-order valence-electron chi connectivity index (χ2n) is 5.78. The molecular weight excluding hydrogens is 258 g/mol. The van der Waals surface area contributed by atoms with Crippen molar-refractivity contribution in [1.29, 1.82) is 0 Å². The first-order chi connectivity index (χ1) is 9.66. The smallest absolute Gasteiger partial charge is 0.308 e. The molecule has 3 N–H and O–H groups in total. The van der Waals surface area contributed by atoms with Gasteiger partial charge in [-0.2, -0.15) is 0 Å². The molecule has 0 aromatic carbocycles. The summed E-state index contributed by atoms with van der Waals surface area (Å²) in [4.78, 5) is 25.4. The SMILES string of the molecule is O=C(CN1CCCNCC1)NC1CCCCC1C(=O)O. The summed E-state index contributed by atoms with van der Waals surface area (Å²) in [5.74, 6) is -1.24. The standard InChI is InChI=1S/C14H25N3O3/c18-13(10-17-8-3-6-15-7-9-17)16-12-5-2-1-4-11(12)14(19)20/h11-12,15H,1-10H2,(H,16,18)(H,19,20). The summed E-state index contributed by atoms with van der Waals surface area (Å²) in [7, 11) is 0. The van der Waals surface area contributed by atoms with Crippen LogP contribution in [0.15, 0.2) is 0 Å². The molecule has 2 aliphatic rings. The molecule has 6 nitrogen and oxygen atoms in total. The van der Waals surface area contributed by atoms with Crippen LogP contribution in [0.25, 0.3) is 0 Å². The van der Waals surface area contributed by atoms with Gasteiger partial charge in [0, 0.05) is 19.1 Å². The predicted molar refractivity (Wildman–Crippen MR) is 75.5 cm³/mol. The Bertz CT molecular complexity index is 341. The molecule has 0 aromatic heterocycles. The lowest BCUT2D eigenvalue weighted by Gasteiger charge is -2.30. The van der Waals surface area contributed by atoms with Gasteiger partial charge in [-0.3, -0.25) is 14.5 Å². The normalized spacial score (nSPS) is 28.6. The number of carbonyl (C=O) groups excluding carboxylic acids is 1. The molecule has 0 bridgehead atoms. The zero-order chi connectivity index (χ0) is 14.4. The summed E-state index contributed by atoms with van der Waals surface area (Å²) in [5.41, 5.74) is 0. The summed E-state index contributed by atoms with van der Waals surface area (Å²) in [6.07, 6.45) is 4.45. The Kier molecular flexibility index (Phi) is 5.79. The highest BCUT2D eigenvalue weighted by Crippen LogP contribution is 2.24. The zero-order valence-electron chi connectivity index (χ0n) is 11.9. The van der Waals surface area contributed by atoms with Crippen LogP contribution in [-0.2, 0) is 9.59 Å². The third-order valence-electron chi connectivity index (χ3n) is 4.23. The molecule has 1 aliphatic carbocycles. The van der Waals surface area contributed by atoms with Gasteiger partial charge in [0.05, 0.1) is 12.5 Å². The average molecular weight is 283 g/mol. The number of amides is 1. The van der Waals surface area contributed by atoms with E-state index in [2.05, 4.69) is 15.5 Å². The maximum Gasteiger partial charge on any atom is 0.308 e. The molecule has 2 fully saturated rings. The minimum absolute atomic E-state index is 0.0370. The molecule has 0 radical (unpaired) electrons. The Morgan fingerprint density at radius 1 is 1.15 bits per heavy atom. The van der Waals surface area contributed by atoms with Crippen LogP contribution in [0.3, 0.4) is 0 Å². The summed E-state index contributed by atoms with van der Waals surface area (Å²) < 4.78 is 0. The molecule has 6 heteroatoms. The molecule has 1 saturated carbocycles. The topological polar surface area (TPSA) is 81.7 Å². The minimum atomic E-state index is -0.783. The van der Waals surface area contributed by atoms with E-state index in [9.17, 15) is 14.7 Å². The van der Waals surface area contributed by atoms with Gasteiger partial charge in [-0.25, -0.2) is 0 Å². The van der Waals surface area contributed by atoms with Crippen molar-refractivity contribution >= 4 is 11.9 Å². The van der Waals surface area contributed by atoms with Crippen molar-refractivity contribution in [3.8, 4) is 0 Å². The lowest BCUT2D eigenvalue weighted by atomic mass is 9.84. The van der Waals surface area contributed by atoms with Gasteiger partial charge in [0.2, 0.25) is 5.91 Å². The van der Waals surface area contributed by atoms with Crippen LogP contribution < -0.4 is 10.6 Å². The largest absolute Gasteiger partial charge is 0.481 e. The molecule has 2 unspecified atom stereocenters. The van der Waals surface area contributed by atoms with Crippen LogP contribution >= 0.6 is 0 Å². The number of carbonyl (C=O) groups is 2. The maximum atomic E-state index is 12.1. The third kappa shape index (κ3) is 4.45. The van der Waals surface area contributed by atoms with Crippen molar-refractivity contribution in [1.82, 2.24) is 15.5 Å². The second-order valence-corrected chi connectivity index (χ2v) is 5.78. The summed E-state index contributed by atoms with van der Waals surface area (Å²) in [6, 6.07) is -0.196. The summed E-state index contributed by atoms with van der Waals surface area (Å²) in [5, 5.41) is 15.4. The molecule has 1 amide bonds. The number of carboxylic acids is 1. The Morgan fingerprint density at radius 2 is 1.95 bits per heavy atom. The molecule has 20 heavy (non-hydrogen) atoms. The minimum Gasteiger partial charge on any atom is -0.481 e. The first-order valence-electron chi connectivity index (χ1n) is 7.62. The number of rotatable bonds is 4. The summed E-state index contributed by atoms with van der Waals surface area (Å²) in [6.45, 7) is 4.09. The van der Waals surface area contributed by atoms with E-state index in [0.29, 0.717) is 13.0 Å². The Balaban J connectivity index is 1.81.